The lowest BCUT2D eigenvalue weighted by Gasteiger charge is -2.32. The number of hydrogen-bond acceptors (Lipinski definition) is 4. The van der Waals surface area contributed by atoms with Crippen LogP contribution in [0.2, 0.25) is 0 Å². The summed E-state index contributed by atoms with van der Waals surface area (Å²) in [6, 6.07) is 4.34. The van der Waals surface area contributed by atoms with Gasteiger partial charge in [0.1, 0.15) is 0 Å². The van der Waals surface area contributed by atoms with E-state index in [-0.39, 0.29) is 35.7 Å². The molecule has 1 aliphatic carbocycles. The van der Waals surface area contributed by atoms with Gasteiger partial charge >= 0.3 is 6.03 Å². The van der Waals surface area contributed by atoms with Gasteiger partial charge < -0.3 is 15.5 Å². The van der Waals surface area contributed by atoms with E-state index in [4.69, 9.17) is 0 Å². The summed E-state index contributed by atoms with van der Waals surface area (Å²) in [5.41, 5.74) is 1.11. The highest BCUT2D eigenvalue weighted by atomic mass is 16.2. The number of benzene rings is 1. The molecule has 1 saturated heterocycles. The number of hydrogen-bond donors (Lipinski definition) is 2. The zero-order valence-corrected chi connectivity index (χ0v) is 15.2. The van der Waals surface area contributed by atoms with Crippen molar-refractivity contribution in [1.29, 1.82) is 0 Å². The summed E-state index contributed by atoms with van der Waals surface area (Å²) in [6.45, 7) is 1.34. The molecule has 1 aromatic carbocycles. The molecule has 5 amide bonds. The van der Waals surface area contributed by atoms with Crippen LogP contribution in [0.4, 0.5) is 10.5 Å². The Morgan fingerprint density at radius 3 is 2.33 bits per heavy atom. The van der Waals surface area contributed by atoms with Crippen LogP contribution in [0.3, 0.4) is 0 Å². The first-order valence-electron chi connectivity index (χ1n) is 9.27. The maximum absolute atomic E-state index is 12.3. The molecule has 0 bridgehead atoms. The molecule has 0 radical (unpaired) electrons. The molecule has 27 heavy (non-hydrogen) atoms. The number of piperidine rings is 1. The molecule has 8 heteroatoms. The minimum atomic E-state index is -0.369. The van der Waals surface area contributed by atoms with Gasteiger partial charge in [0.15, 0.2) is 0 Å². The van der Waals surface area contributed by atoms with Crippen LogP contribution in [0.1, 0.15) is 46.4 Å². The number of carbonyl (C=O) groups is 4. The number of carbonyl (C=O) groups excluding carboxylic acids is 4. The second kappa shape index (κ2) is 6.68. The number of imide groups is 1. The van der Waals surface area contributed by atoms with Crippen LogP contribution < -0.4 is 10.6 Å². The molecule has 0 atom stereocenters. The Morgan fingerprint density at radius 2 is 1.67 bits per heavy atom. The second-order valence-electron chi connectivity index (χ2n) is 7.40. The molecule has 1 aromatic rings. The van der Waals surface area contributed by atoms with Gasteiger partial charge in [-0.2, -0.15) is 0 Å². The quantitative estimate of drug-likeness (QED) is 0.787. The van der Waals surface area contributed by atoms with Crippen LogP contribution in [-0.2, 0) is 4.79 Å². The Kier molecular flexibility index (Phi) is 4.33. The third-order valence-corrected chi connectivity index (χ3v) is 5.42. The highest BCUT2D eigenvalue weighted by Crippen LogP contribution is 2.32. The Bertz CT molecular complexity index is 825. The van der Waals surface area contributed by atoms with Gasteiger partial charge in [-0.3, -0.25) is 19.3 Å². The van der Waals surface area contributed by atoms with Gasteiger partial charge in [-0.05, 0) is 43.9 Å². The van der Waals surface area contributed by atoms with Gasteiger partial charge in [0.25, 0.3) is 11.8 Å². The molecule has 0 aromatic heterocycles. The summed E-state index contributed by atoms with van der Waals surface area (Å²) in [4.78, 5) is 51.2. The summed E-state index contributed by atoms with van der Waals surface area (Å²) in [5.74, 6) is -0.225. The monoisotopic (exact) mass is 370 g/mol. The summed E-state index contributed by atoms with van der Waals surface area (Å²) in [6.07, 6.45) is 3.47. The van der Waals surface area contributed by atoms with Crippen molar-refractivity contribution in [2.75, 3.05) is 25.5 Å². The topological polar surface area (TPSA) is 98.8 Å². The van der Waals surface area contributed by atoms with Crippen molar-refractivity contribution in [2.45, 2.75) is 31.7 Å². The standard InChI is InChI=1S/C19H22N4O4/c1-22-17(25)14-5-4-13(10-15(14)18(22)26)21-19(27)20-12-6-8-23(9-7-12)16(24)11-2-3-11/h4-5,10-12H,2-3,6-9H2,1H3,(H2,20,21,27). The van der Waals surface area contributed by atoms with Crippen LogP contribution >= 0.6 is 0 Å². The molecule has 0 unspecified atom stereocenters. The molecule has 1 saturated carbocycles. The number of anilines is 1. The Morgan fingerprint density at radius 1 is 1.00 bits per heavy atom. The van der Waals surface area contributed by atoms with Crippen LogP contribution in [0.5, 0.6) is 0 Å². The smallest absolute Gasteiger partial charge is 0.319 e. The van der Waals surface area contributed by atoms with E-state index in [1.165, 1.54) is 13.1 Å². The molecule has 8 nitrogen and oxygen atoms in total. The molecule has 2 heterocycles. The zero-order chi connectivity index (χ0) is 19.1. The van der Waals surface area contributed by atoms with Crippen LogP contribution in [0, 0.1) is 5.92 Å². The van der Waals surface area contributed by atoms with Gasteiger partial charge in [-0.15, -0.1) is 0 Å². The lowest BCUT2D eigenvalue weighted by atomic mass is 10.0. The molecular formula is C19H22N4O4. The Balaban J connectivity index is 1.31. The van der Waals surface area contributed by atoms with Crippen molar-refractivity contribution in [1.82, 2.24) is 15.1 Å². The van der Waals surface area contributed by atoms with Gasteiger partial charge in [0, 0.05) is 37.8 Å². The molecule has 4 rings (SSSR count). The van der Waals surface area contributed by atoms with Crippen LogP contribution in [0.15, 0.2) is 18.2 Å². The van der Waals surface area contributed by atoms with Gasteiger partial charge in [0.05, 0.1) is 11.1 Å². The molecule has 142 valence electrons. The summed E-state index contributed by atoms with van der Waals surface area (Å²) < 4.78 is 0. The highest BCUT2D eigenvalue weighted by molar-refractivity contribution is 6.21. The number of urea groups is 1. The molecule has 2 N–H and O–H groups in total. The van der Waals surface area contributed by atoms with Crippen molar-refractivity contribution in [3.05, 3.63) is 29.3 Å². The SMILES string of the molecule is CN1C(=O)c2ccc(NC(=O)NC3CCN(C(=O)C4CC4)CC3)cc2C1=O. The van der Waals surface area contributed by atoms with Crippen molar-refractivity contribution < 1.29 is 19.2 Å². The third-order valence-electron chi connectivity index (χ3n) is 5.42. The summed E-state index contributed by atoms with van der Waals surface area (Å²) in [7, 11) is 1.44. The summed E-state index contributed by atoms with van der Waals surface area (Å²) >= 11 is 0. The first kappa shape index (κ1) is 17.5. The second-order valence-corrected chi connectivity index (χ2v) is 7.40. The fraction of sp³-hybridized carbons (Fsp3) is 0.474. The first-order valence-corrected chi connectivity index (χ1v) is 9.27. The molecule has 0 spiro atoms. The van der Waals surface area contributed by atoms with E-state index in [1.54, 1.807) is 12.1 Å². The predicted octanol–water partition coefficient (Wildman–Crippen LogP) is 1.43. The third kappa shape index (κ3) is 3.39. The average molecular weight is 370 g/mol. The number of fused-ring (bicyclic) bond motifs is 1. The normalized spacial score (nSPS) is 19.9. The molecular weight excluding hydrogens is 348 g/mol. The van der Waals surface area contributed by atoms with E-state index in [0.717, 1.165) is 30.6 Å². The minimum Gasteiger partial charge on any atom is -0.342 e. The average Bonchev–Trinajstić information content (AvgIpc) is 3.48. The predicted molar refractivity (Wildman–Crippen MR) is 97.3 cm³/mol. The number of likely N-dealkylation sites (tertiary alicyclic amines) is 1. The fourth-order valence-electron chi connectivity index (χ4n) is 3.62. The number of nitrogens with one attached hydrogen (secondary N) is 2. The van der Waals surface area contributed by atoms with Gasteiger partial charge in [-0.1, -0.05) is 0 Å². The van der Waals surface area contributed by atoms with E-state index >= 15 is 0 Å². The number of amides is 5. The summed E-state index contributed by atoms with van der Waals surface area (Å²) in [5, 5.41) is 5.64. The van der Waals surface area contributed by atoms with Crippen LogP contribution in [-0.4, -0.2) is 59.7 Å². The minimum absolute atomic E-state index is 0.0111. The fourth-order valence-corrected chi connectivity index (χ4v) is 3.62. The van der Waals surface area contributed by atoms with Crippen LogP contribution in [0.25, 0.3) is 0 Å². The maximum atomic E-state index is 12.3. The van der Waals surface area contributed by atoms with E-state index in [2.05, 4.69) is 10.6 Å². The van der Waals surface area contributed by atoms with E-state index in [9.17, 15) is 19.2 Å². The van der Waals surface area contributed by atoms with Gasteiger partial charge in [-0.25, -0.2) is 4.79 Å². The zero-order valence-electron chi connectivity index (χ0n) is 15.2. The van der Waals surface area contributed by atoms with Crippen molar-refractivity contribution >= 4 is 29.4 Å². The molecule has 2 fully saturated rings. The maximum Gasteiger partial charge on any atom is 0.319 e. The van der Waals surface area contributed by atoms with E-state index in [1.807, 2.05) is 4.90 Å². The van der Waals surface area contributed by atoms with Crippen molar-refractivity contribution in [2.24, 2.45) is 5.92 Å². The van der Waals surface area contributed by atoms with Gasteiger partial charge in [0.2, 0.25) is 5.91 Å². The van der Waals surface area contributed by atoms with E-state index < -0.39 is 0 Å². The highest BCUT2D eigenvalue weighted by Gasteiger charge is 2.35. The van der Waals surface area contributed by atoms with Crippen molar-refractivity contribution in [3.8, 4) is 0 Å². The lowest BCUT2D eigenvalue weighted by molar-refractivity contribution is -0.133. The molecule has 2 aliphatic heterocycles. The lowest BCUT2D eigenvalue weighted by Crippen LogP contribution is -2.47. The van der Waals surface area contributed by atoms with E-state index in [0.29, 0.717) is 29.9 Å². The Hall–Kier alpha value is -2.90. The molecule has 3 aliphatic rings. The first-order chi connectivity index (χ1) is 12.9. The largest absolute Gasteiger partial charge is 0.342 e. The van der Waals surface area contributed by atoms with Crippen molar-refractivity contribution in [3.63, 3.8) is 0 Å². The number of nitrogens with zero attached hydrogens (tertiary/aromatic N) is 2. The number of rotatable bonds is 3. The Labute approximate surface area is 156 Å².